The summed E-state index contributed by atoms with van der Waals surface area (Å²) in [5.74, 6) is -0.0495. The number of aliphatic hydroxyl groups is 1. The largest absolute Gasteiger partial charge is 0.396 e. The van der Waals surface area contributed by atoms with Crippen molar-refractivity contribution >= 4 is 5.91 Å². The van der Waals surface area contributed by atoms with Crippen LogP contribution in [0.1, 0.15) is 52.4 Å². The first-order valence-electron chi connectivity index (χ1n) is 7.03. The summed E-state index contributed by atoms with van der Waals surface area (Å²) in [5.41, 5.74) is -0.0603. The topological polar surface area (TPSA) is 58.6 Å². The molecule has 1 fully saturated rings. The molecule has 1 aliphatic carbocycles. The Morgan fingerprint density at radius 1 is 1.33 bits per heavy atom. The summed E-state index contributed by atoms with van der Waals surface area (Å²) in [6.07, 6.45) is 6.87. The number of carbonyl (C=O) groups is 1. The highest BCUT2D eigenvalue weighted by molar-refractivity contribution is 5.77. The number of nitrogens with one attached hydrogen (secondary N) is 1. The normalized spacial score (nSPS) is 17.7. The molecule has 2 N–H and O–H groups in total. The SMILES string of the molecule is CC(C)(CCO)CNC(=O)COC1CCCCC1. The van der Waals surface area contributed by atoms with Crippen molar-refractivity contribution < 1.29 is 14.6 Å². The summed E-state index contributed by atoms with van der Waals surface area (Å²) in [6.45, 7) is 4.97. The third kappa shape index (κ3) is 6.36. The van der Waals surface area contributed by atoms with E-state index in [9.17, 15) is 4.79 Å². The molecule has 4 nitrogen and oxygen atoms in total. The Morgan fingerprint density at radius 3 is 2.61 bits per heavy atom. The van der Waals surface area contributed by atoms with Gasteiger partial charge in [-0.3, -0.25) is 4.79 Å². The number of aliphatic hydroxyl groups excluding tert-OH is 1. The van der Waals surface area contributed by atoms with Crippen LogP contribution in [-0.4, -0.2) is 36.9 Å². The quantitative estimate of drug-likeness (QED) is 0.732. The molecular formula is C14H27NO3. The standard InChI is InChI=1S/C14H27NO3/c1-14(2,8-9-16)11-15-13(17)10-18-12-6-4-3-5-7-12/h12,16H,3-11H2,1-2H3,(H,15,17). The second-order valence-electron chi connectivity index (χ2n) is 5.99. The van der Waals surface area contributed by atoms with Gasteiger partial charge in [-0.05, 0) is 24.7 Å². The third-order valence-electron chi connectivity index (χ3n) is 3.56. The third-order valence-corrected chi connectivity index (χ3v) is 3.56. The lowest BCUT2D eigenvalue weighted by molar-refractivity contribution is -0.128. The van der Waals surface area contributed by atoms with E-state index in [1.807, 2.05) is 13.8 Å². The Labute approximate surface area is 110 Å². The molecule has 1 rings (SSSR count). The molecule has 0 aromatic carbocycles. The number of carbonyl (C=O) groups excluding carboxylic acids is 1. The lowest BCUT2D eigenvalue weighted by Crippen LogP contribution is -2.37. The molecule has 0 aliphatic heterocycles. The first-order chi connectivity index (χ1) is 8.53. The van der Waals surface area contributed by atoms with Crippen molar-refractivity contribution in [2.75, 3.05) is 19.8 Å². The highest BCUT2D eigenvalue weighted by atomic mass is 16.5. The van der Waals surface area contributed by atoms with E-state index in [2.05, 4.69) is 5.32 Å². The van der Waals surface area contributed by atoms with Gasteiger partial charge in [0.1, 0.15) is 6.61 Å². The van der Waals surface area contributed by atoms with E-state index in [-0.39, 0.29) is 30.6 Å². The lowest BCUT2D eigenvalue weighted by Gasteiger charge is -2.25. The van der Waals surface area contributed by atoms with Gasteiger partial charge >= 0.3 is 0 Å². The minimum Gasteiger partial charge on any atom is -0.396 e. The van der Waals surface area contributed by atoms with Gasteiger partial charge in [0.25, 0.3) is 0 Å². The van der Waals surface area contributed by atoms with E-state index < -0.39 is 0 Å². The van der Waals surface area contributed by atoms with Crippen LogP contribution in [0.15, 0.2) is 0 Å². The molecular weight excluding hydrogens is 230 g/mol. The summed E-state index contributed by atoms with van der Waals surface area (Å²) < 4.78 is 5.61. The number of ether oxygens (including phenoxy) is 1. The maximum absolute atomic E-state index is 11.6. The molecule has 0 heterocycles. The van der Waals surface area contributed by atoms with Crippen LogP contribution in [0.5, 0.6) is 0 Å². The van der Waals surface area contributed by atoms with Crippen LogP contribution >= 0.6 is 0 Å². The number of hydrogen-bond acceptors (Lipinski definition) is 3. The molecule has 0 aromatic rings. The Bertz CT molecular complexity index is 247. The van der Waals surface area contributed by atoms with Gasteiger partial charge in [0.05, 0.1) is 6.10 Å². The van der Waals surface area contributed by atoms with E-state index in [1.165, 1.54) is 19.3 Å². The summed E-state index contributed by atoms with van der Waals surface area (Å²) >= 11 is 0. The molecule has 0 spiro atoms. The van der Waals surface area contributed by atoms with Crippen LogP contribution in [0.4, 0.5) is 0 Å². The van der Waals surface area contributed by atoms with Gasteiger partial charge in [-0.2, -0.15) is 0 Å². The van der Waals surface area contributed by atoms with Crippen LogP contribution < -0.4 is 5.32 Å². The molecule has 1 aliphatic rings. The van der Waals surface area contributed by atoms with Gasteiger partial charge in [0.15, 0.2) is 0 Å². The number of hydrogen-bond donors (Lipinski definition) is 2. The molecule has 4 heteroatoms. The first-order valence-corrected chi connectivity index (χ1v) is 7.03. The van der Waals surface area contributed by atoms with E-state index in [0.717, 1.165) is 12.8 Å². The first kappa shape index (κ1) is 15.4. The van der Waals surface area contributed by atoms with E-state index in [0.29, 0.717) is 13.0 Å². The zero-order valence-corrected chi connectivity index (χ0v) is 11.7. The van der Waals surface area contributed by atoms with Crippen molar-refractivity contribution in [1.29, 1.82) is 0 Å². The van der Waals surface area contributed by atoms with E-state index in [1.54, 1.807) is 0 Å². The zero-order valence-electron chi connectivity index (χ0n) is 11.7. The van der Waals surface area contributed by atoms with Crippen molar-refractivity contribution in [3.8, 4) is 0 Å². The molecule has 1 saturated carbocycles. The monoisotopic (exact) mass is 257 g/mol. The zero-order chi connectivity index (χ0) is 13.4. The van der Waals surface area contributed by atoms with Gasteiger partial charge in [-0.25, -0.2) is 0 Å². The summed E-state index contributed by atoms with van der Waals surface area (Å²) in [6, 6.07) is 0. The van der Waals surface area contributed by atoms with Crippen molar-refractivity contribution in [1.82, 2.24) is 5.32 Å². The van der Waals surface area contributed by atoms with E-state index >= 15 is 0 Å². The van der Waals surface area contributed by atoms with Gasteiger partial charge in [-0.1, -0.05) is 33.1 Å². The fraction of sp³-hybridized carbons (Fsp3) is 0.929. The van der Waals surface area contributed by atoms with Crippen molar-refractivity contribution in [2.45, 2.75) is 58.5 Å². The molecule has 18 heavy (non-hydrogen) atoms. The Hall–Kier alpha value is -0.610. The Morgan fingerprint density at radius 2 is 2.00 bits per heavy atom. The molecule has 0 radical (unpaired) electrons. The minimum atomic E-state index is -0.0603. The highest BCUT2D eigenvalue weighted by Crippen LogP contribution is 2.20. The number of rotatable bonds is 7. The van der Waals surface area contributed by atoms with Crippen LogP contribution in [0.3, 0.4) is 0 Å². The summed E-state index contributed by atoms with van der Waals surface area (Å²) in [7, 11) is 0. The number of amides is 1. The fourth-order valence-electron chi connectivity index (χ4n) is 2.21. The Kier molecular flexibility index (Phi) is 6.65. The van der Waals surface area contributed by atoms with E-state index in [4.69, 9.17) is 9.84 Å². The Balaban J connectivity index is 2.13. The van der Waals surface area contributed by atoms with Crippen LogP contribution in [0.2, 0.25) is 0 Å². The minimum absolute atomic E-state index is 0.0495. The van der Waals surface area contributed by atoms with Crippen molar-refractivity contribution in [3.05, 3.63) is 0 Å². The molecule has 0 bridgehead atoms. The average Bonchev–Trinajstić information content (AvgIpc) is 2.35. The van der Waals surface area contributed by atoms with Crippen LogP contribution in [0.25, 0.3) is 0 Å². The van der Waals surface area contributed by atoms with Crippen molar-refractivity contribution in [2.24, 2.45) is 5.41 Å². The predicted octanol–water partition coefficient (Wildman–Crippen LogP) is 1.86. The second kappa shape index (κ2) is 7.74. The maximum Gasteiger partial charge on any atom is 0.246 e. The highest BCUT2D eigenvalue weighted by Gasteiger charge is 2.19. The molecule has 0 atom stereocenters. The molecule has 0 saturated heterocycles. The molecule has 0 aromatic heterocycles. The second-order valence-corrected chi connectivity index (χ2v) is 5.99. The summed E-state index contributed by atoms with van der Waals surface area (Å²) in [4.78, 5) is 11.6. The average molecular weight is 257 g/mol. The van der Waals surface area contributed by atoms with Gasteiger partial charge in [0.2, 0.25) is 5.91 Å². The maximum atomic E-state index is 11.6. The smallest absolute Gasteiger partial charge is 0.246 e. The molecule has 0 unspecified atom stereocenters. The van der Waals surface area contributed by atoms with Gasteiger partial charge in [0, 0.05) is 13.2 Å². The van der Waals surface area contributed by atoms with Crippen LogP contribution in [0, 0.1) is 5.41 Å². The predicted molar refractivity (Wildman–Crippen MR) is 71.3 cm³/mol. The van der Waals surface area contributed by atoms with Gasteiger partial charge < -0.3 is 15.2 Å². The molecule has 106 valence electrons. The van der Waals surface area contributed by atoms with Gasteiger partial charge in [-0.15, -0.1) is 0 Å². The lowest BCUT2D eigenvalue weighted by atomic mass is 9.90. The summed E-state index contributed by atoms with van der Waals surface area (Å²) in [5, 5.41) is 11.8. The fourth-order valence-corrected chi connectivity index (χ4v) is 2.21. The molecule has 1 amide bonds. The van der Waals surface area contributed by atoms with Crippen LogP contribution in [-0.2, 0) is 9.53 Å². The van der Waals surface area contributed by atoms with Crippen molar-refractivity contribution in [3.63, 3.8) is 0 Å².